The predicted molar refractivity (Wildman–Crippen MR) is 82.6 cm³/mol. The van der Waals surface area contributed by atoms with Crippen LogP contribution < -0.4 is 10.9 Å². The van der Waals surface area contributed by atoms with E-state index in [0.29, 0.717) is 17.1 Å². The van der Waals surface area contributed by atoms with Crippen molar-refractivity contribution in [2.24, 2.45) is 0 Å². The number of rotatable bonds is 2. The Morgan fingerprint density at radius 2 is 2.05 bits per heavy atom. The molecule has 1 aliphatic rings. The van der Waals surface area contributed by atoms with Gasteiger partial charge in [-0.05, 0) is 31.5 Å². The number of H-pyrrole nitrogens is 1. The number of fused-ring (bicyclic) bond motifs is 1. The Morgan fingerprint density at radius 3 is 2.71 bits per heavy atom. The van der Waals surface area contributed by atoms with Gasteiger partial charge in [0.25, 0.3) is 5.56 Å². The van der Waals surface area contributed by atoms with Crippen LogP contribution in [0.3, 0.4) is 0 Å². The molecule has 0 spiro atoms. The van der Waals surface area contributed by atoms with E-state index in [9.17, 15) is 9.59 Å². The third kappa shape index (κ3) is 2.49. The van der Waals surface area contributed by atoms with Crippen LogP contribution in [-0.2, 0) is 4.79 Å². The van der Waals surface area contributed by atoms with Gasteiger partial charge in [-0.25, -0.2) is 0 Å². The minimum atomic E-state index is -0.175. The smallest absolute Gasteiger partial charge is 0.270 e. The molecule has 2 N–H and O–H groups in total. The van der Waals surface area contributed by atoms with Crippen molar-refractivity contribution in [3.05, 3.63) is 46.0 Å². The molecule has 0 radical (unpaired) electrons. The average molecular weight is 304 g/mol. The first kappa shape index (κ1) is 13.9. The van der Waals surface area contributed by atoms with Gasteiger partial charge in [0, 0.05) is 18.4 Å². The predicted octanol–water partition coefficient (Wildman–Crippen LogP) is 1.93. The molecule has 0 saturated heterocycles. The van der Waals surface area contributed by atoms with Gasteiger partial charge in [0.05, 0.1) is 16.6 Å². The number of nitrogens with one attached hydrogen (secondary N) is 2. The molecule has 110 valence electrons. The van der Waals surface area contributed by atoms with Crippen molar-refractivity contribution in [2.45, 2.75) is 25.1 Å². The molecule has 0 fully saturated rings. The van der Waals surface area contributed by atoms with Crippen LogP contribution in [0, 0.1) is 0 Å². The summed E-state index contributed by atoms with van der Waals surface area (Å²) in [5.41, 5.74) is 1.42. The van der Waals surface area contributed by atoms with Crippen molar-refractivity contribution in [3.8, 4) is 0 Å². The van der Waals surface area contributed by atoms with Gasteiger partial charge in [0.1, 0.15) is 5.82 Å². The monoisotopic (exact) mass is 304 g/mol. The molecule has 21 heavy (non-hydrogen) atoms. The summed E-state index contributed by atoms with van der Waals surface area (Å²) in [5.74, 6) is 0.803. The van der Waals surface area contributed by atoms with E-state index in [0.717, 1.165) is 5.56 Å². The van der Waals surface area contributed by atoms with Crippen LogP contribution in [0.4, 0.5) is 5.82 Å². The number of thioether (sulfide) groups is 1. The number of carbonyl (C=O) groups is 1. The van der Waals surface area contributed by atoms with Gasteiger partial charge in [0.2, 0.25) is 5.91 Å². The molecule has 0 aliphatic carbocycles. The van der Waals surface area contributed by atoms with Gasteiger partial charge in [-0.15, -0.1) is 11.8 Å². The summed E-state index contributed by atoms with van der Waals surface area (Å²) in [4.78, 5) is 28.3. The van der Waals surface area contributed by atoms with E-state index >= 15 is 0 Å². The molecule has 6 nitrogen and oxygen atoms in total. The number of aromatic nitrogens is 3. The van der Waals surface area contributed by atoms with E-state index in [-0.39, 0.29) is 22.8 Å². The quantitative estimate of drug-likeness (QED) is 0.888. The molecule has 0 bridgehead atoms. The molecule has 2 aromatic rings. The van der Waals surface area contributed by atoms with Crippen LogP contribution in [0.15, 0.2) is 29.3 Å². The van der Waals surface area contributed by atoms with Gasteiger partial charge in [-0.3, -0.25) is 24.4 Å². The highest BCUT2D eigenvalue weighted by Crippen LogP contribution is 2.39. The number of amides is 1. The van der Waals surface area contributed by atoms with E-state index in [1.54, 1.807) is 17.1 Å². The summed E-state index contributed by atoms with van der Waals surface area (Å²) in [5, 5.41) is 5.49. The van der Waals surface area contributed by atoms with Crippen molar-refractivity contribution in [3.63, 3.8) is 0 Å². The van der Waals surface area contributed by atoms with Crippen molar-refractivity contribution in [2.75, 3.05) is 11.1 Å². The molecule has 1 aliphatic heterocycles. The minimum Gasteiger partial charge on any atom is -0.310 e. The Kier molecular flexibility index (Phi) is 3.59. The lowest BCUT2D eigenvalue weighted by Gasteiger charge is -2.14. The molecule has 0 saturated carbocycles. The van der Waals surface area contributed by atoms with Gasteiger partial charge in [0.15, 0.2) is 0 Å². The molecular formula is C14H16N4O2S. The zero-order valence-electron chi connectivity index (χ0n) is 11.8. The van der Waals surface area contributed by atoms with Crippen LogP contribution in [0.1, 0.15) is 36.3 Å². The highest BCUT2D eigenvalue weighted by Gasteiger charge is 2.30. The summed E-state index contributed by atoms with van der Waals surface area (Å²) in [6.07, 6.45) is 3.40. The minimum absolute atomic E-state index is 0.0583. The number of carbonyl (C=O) groups excluding carboxylic acids is 1. The molecule has 2 aromatic heterocycles. The van der Waals surface area contributed by atoms with E-state index in [4.69, 9.17) is 0 Å². The third-order valence-corrected chi connectivity index (χ3v) is 4.66. The van der Waals surface area contributed by atoms with Crippen LogP contribution in [0.2, 0.25) is 0 Å². The Balaban J connectivity index is 2.19. The van der Waals surface area contributed by atoms with Gasteiger partial charge < -0.3 is 5.32 Å². The Labute approximate surface area is 125 Å². The molecule has 3 rings (SSSR count). The lowest BCUT2D eigenvalue weighted by molar-refractivity contribution is -0.113. The first-order valence-corrected chi connectivity index (χ1v) is 7.78. The second-order valence-electron chi connectivity index (χ2n) is 5.19. The van der Waals surface area contributed by atoms with Crippen LogP contribution in [-0.4, -0.2) is 26.4 Å². The van der Waals surface area contributed by atoms with E-state index < -0.39 is 0 Å². The van der Waals surface area contributed by atoms with E-state index in [1.807, 2.05) is 26.0 Å². The summed E-state index contributed by atoms with van der Waals surface area (Å²) in [7, 11) is 0. The summed E-state index contributed by atoms with van der Waals surface area (Å²) < 4.78 is 1.72. The Hall–Kier alpha value is -2.02. The summed E-state index contributed by atoms with van der Waals surface area (Å²) in [6.45, 7) is 3.92. The largest absolute Gasteiger partial charge is 0.310 e. The zero-order valence-corrected chi connectivity index (χ0v) is 12.6. The topological polar surface area (TPSA) is 79.8 Å². The maximum absolute atomic E-state index is 12.4. The number of hydrogen-bond acceptors (Lipinski definition) is 4. The number of nitrogens with zero attached hydrogens (tertiary/aromatic N) is 2. The average Bonchev–Trinajstić information content (AvgIpc) is 2.68. The van der Waals surface area contributed by atoms with Crippen LogP contribution >= 0.6 is 11.8 Å². The number of hydrogen-bond donors (Lipinski definition) is 2. The third-order valence-electron chi connectivity index (χ3n) is 3.39. The number of pyridine rings is 1. The standard InChI is InChI=1S/C14H16N4O2S/c1-8(2)18-13-11(14(20)17-18)12(21-7-10(19)16-13)9-3-5-15-6-4-9/h3-6,8,12H,7H2,1-2H3,(H,16,19)(H,17,20)/t12-/m1/s1. The summed E-state index contributed by atoms with van der Waals surface area (Å²) >= 11 is 1.45. The summed E-state index contributed by atoms with van der Waals surface area (Å²) in [6, 6.07) is 3.82. The Morgan fingerprint density at radius 1 is 1.33 bits per heavy atom. The van der Waals surface area contributed by atoms with Gasteiger partial charge >= 0.3 is 0 Å². The second kappa shape index (κ2) is 5.40. The lowest BCUT2D eigenvalue weighted by Crippen LogP contribution is -2.17. The fourth-order valence-electron chi connectivity index (χ4n) is 2.43. The highest BCUT2D eigenvalue weighted by molar-refractivity contribution is 8.00. The van der Waals surface area contributed by atoms with E-state index in [1.165, 1.54) is 11.8 Å². The number of aromatic amines is 1. The van der Waals surface area contributed by atoms with Crippen molar-refractivity contribution >= 4 is 23.5 Å². The van der Waals surface area contributed by atoms with Crippen molar-refractivity contribution < 1.29 is 4.79 Å². The van der Waals surface area contributed by atoms with Crippen LogP contribution in [0.5, 0.6) is 0 Å². The van der Waals surface area contributed by atoms with Crippen molar-refractivity contribution in [1.29, 1.82) is 0 Å². The lowest BCUT2D eigenvalue weighted by atomic mass is 10.1. The van der Waals surface area contributed by atoms with Gasteiger partial charge in [-0.2, -0.15) is 0 Å². The first-order chi connectivity index (χ1) is 10.1. The molecule has 3 heterocycles. The normalized spacial score (nSPS) is 18.2. The highest BCUT2D eigenvalue weighted by atomic mass is 32.2. The van der Waals surface area contributed by atoms with Crippen molar-refractivity contribution in [1.82, 2.24) is 14.8 Å². The molecule has 0 unspecified atom stereocenters. The molecule has 0 aromatic carbocycles. The van der Waals surface area contributed by atoms with E-state index in [2.05, 4.69) is 15.4 Å². The maximum atomic E-state index is 12.4. The maximum Gasteiger partial charge on any atom is 0.270 e. The fraction of sp³-hybridized carbons (Fsp3) is 0.357. The van der Waals surface area contributed by atoms with Gasteiger partial charge in [-0.1, -0.05) is 0 Å². The molecular weight excluding hydrogens is 288 g/mol. The molecule has 1 atom stereocenters. The SMILES string of the molecule is CC(C)n1[nH]c(=O)c2c1NC(=O)CS[C@@H]2c1ccncc1. The first-order valence-electron chi connectivity index (χ1n) is 6.73. The fourth-order valence-corrected chi connectivity index (χ4v) is 3.56. The Bertz CT molecular complexity index is 720. The molecule has 7 heteroatoms. The number of anilines is 1. The molecule has 1 amide bonds. The second-order valence-corrected chi connectivity index (χ2v) is 6.28. The van der Waals surface area contributed by atoms with Crippen LogP contribution in [0.25, 0.3) is 0 Å². The zero-order chi connectivity index (χ0) is 15.0.